The van der Waals surface area contributed by atoms with Crippen LogP contribution in [0.2, 0.25) is 0 Å². The van der Waals surface area contributed by atoms with Crippen LogP contribution < -0.4 is 0 Å². The zero-order valence-corrected chi connectivity index (χ0v) is 9.16. The number of hydrogen-bond donors (Lipinski definition) is 0. The second-order valence-electron chi connectivity index (χ2n) is 2.57. The predicted octanol–water partition coefficient (Wildman–Crippen LogP) is 3.83. The molecule has 0 radical (unpaired) electrons. The molecule has 0 amide bonds. The lowest BCUT2D eigenvalue weighted by Gasteiger charge is -2.07. The molecule has 1 aromatic heterocycles. The monoisotopic (exact) mass is 269 g/mol. The van der Waals surface area contributed by atoms with E-state index in [1.165, 1.54) is 0 Å². The third kappa shape index (κ3) is 2.38. The number of aromatic nitrogens is 1. The molecule has 1 heterocycles. The van der Waals surface area contributed by atoms with Gasteiger partial charge in [-0.25, -0.2) is 13.8 Å². The molecule has 0 spiro atoms. The van der Waals surface area contributed by atoms with Gasteiger partial charge in [0.25, 0.3) is 6.43 Å². The lowest BCUT2D eigenvalue weighted by Crippen LogP contribution is -1.98. The Hall–Kier alpha value is -0.220. The maximum atomic E-state index is 12.4. The number of hydrogen-bond acceptors (Lipinski definition) is 1. The fourth-order valence-corrected chi connectivity index (χ4v) is 1.48. The van der Waals surface area contributed by atoms with E-state index in [1.54, 1.807) is 13.0 Å². The molecule has 13 heavy (non-hydrogen) atoms. The van der Waals surface area contributed by atoms with Crippen LogP contribution in [-0.4, -0.2) is 4.98 Å². The van der Waals surface area contributed by atoms with Gasteiger partial charge in [-0.1, -0.05) is 6.07 Å². The quantitative estimate of drug-likeness (QED) is 0.588. The Labute approximate surface area is 88.2 Å². The highest BCUT2D eigenvalue weighted by molar-refractivity contribution is 9.10. The first-order valence-electron chi connectivity index (χ1n) is 3.56. The van der Waals surface area contributed by atoms with Gasteiger partial charge in [-0.2, -0.15) is 0 Å². The van der Waals surface area contributed by atoms with E-state index in [2.05, 4.69) is 20.9 Å². The smallest absolute Gasteiger partial charge is 0.239 e. The second kappa shape index (κ2) is 4.33. The predicted molar refractivity (Wildman–Crippen MR) is 51.2 cm³/mol. The molecule has 5 heteroatoms. The third-order valence-corrected chi connectivity index (χ3v) is 2.71. The Bertz CT molecular complexity index is 317. The Balaban J connectivity index is 3.25. The van der Waals surface area contributed by atoms with Gasteiger partial charge in [-0.15, -0.1) is 11.6 Å². The number of nitrogens with zero attached hydrogens (tertiary/aromatic N) is 1. The molecule has 0 aliphatic carbocycles. The van der Waals surface area contributed by atoms with Crippen molar-refractivity contribution in [1.29, 1.82) is 0 Å². The number of halogens is 4. The molecule has 0 fully saturated rings. The van der Waals surface area contributed by atoms with Crippen LogP contribution in [0.4, 0.5) is 8.78 Å². The number of rotatable bonds is 2. The summed E-state index contributed by atoms with van der Waals surface area (Å²) < 4.78 is 25.2. The fraction of sp³-hybridized carbons (Fsp3) is 0.375. The van der Waals surface area contributed by atoms with E-state index in [0.717, 1.165) is 5.56 Å². The Morgan fingerprint density at radius 2 is 2.23 bits per heavy atom. The zero-order valence-electron chi connectivity index (χ0n) is 6.82. The van der Waals surface area contributed by atoms with Gasteiger partial charge in [0.1, 0.15) is 10.3 Å². The summed E-state index contributed by atoms with van der Waals surface area (Å²) >= 11 is 8.60. The Morgan fingerprint density at radius 3 is 2.69 bits per heavy atom. The molecule has 72 valence electrons. The van der Waals surface area contributed by atoms with Crippen LogP contribution in [0.1, 0.15) is 23.2 Å². The van der Waals surface area contributed by atoms with Crippen molar-refractivity contribution in [2.45, 2.75) is 19.2 Å². The summed E-state index contributed by atoms with van der Waals surface area (Å²) in [5.41, 5.74) is 0.949. The lowest BCUT2D eigenvalue weighted by atomic mass is 10.2. The maximum absolute atomic E-state index is 12.4. The maximum Gasteiger partial charge on any atom is 0.280 e. The van der Waals surface area contributed by atoms with Gasteiger partial charge in [0.05, 0.1) is 0 Å². The van der Waals surface area contributed by atoms with E-state index < -0.39 is 6.43 Å². The molecule has 1 rings (SSSR count). The fourth-order valence-electron chi connectivity index (χ4n) is 0.957. The van der Waals surface area contributed by atoms with Gasteiger partial charge in [0.2, 0.25) is 0 Å². The minimum absolute atomic E-state index is 0.0563. The molecule has 0 saturated heterocycles. The van der Waals surface area contributed by atoms with Crippen molar-refractivity contribution in [3.8, 4) is 0 Å². The average Bonchev–Trinajstić information content (AvgIpc) is 2.08. The van der Waals surface area contributed by atoms with Crippen molar-refractivity contribution >= 4 is 27.5 Å². The largest absolute Gasteiger partial charge is 0.280 e. The topological polar surface area (TPSA) is 12.9 Å². The molecule has 1 nitrogen and oxygen atoms in total. The van der Waals surface area contributed by atoms with Gasteiger partial charge >= 0.3 is 0 Å². The second-order valence-corrected chi connectivity index (χ2v) is 3.59. The van der Waals surface area contributed by atoms with Crippen molar-refractivity contribution in [2.24, 2.45) is 0 Å². The molecule has 0 atom stereocenters. The molecular formula is C8H7BrClF2N. The number of pyridine rings is 1. The summed E-state index contributed by atoms with van der Waals surface area (Å²) in [6.45, 7) is 1.78. The molecule has 0 aromatic carbocycles. The first-order chi connectivity index (χ1) is 6.06. The number of aryl methyl sites for hydroxylation is 1. The number of alkyl halides is 3. The van der Waals surface area contributed by atoms with Gasteiger partial charge in [-0.3, -0.25) is 0 Å². The van der Waals surface area contributed by atoms with Crippen LogP contribution in [-0.2, 0) is 5.88 Å². The summed E-state index contributed by atoms with van der Waals surface area (Å²) in [6.07, 6.45) is -2.58. The van der Waals surface area contributed by atoms with Gasteiger partial charge in [0, 0.05) is 5.88 Å². The molecule has 0 bridgehead atoms. The van der Waals surface area contributed by atoms with Crippen LogP contribution in [0.25, 0.3) is 0 Å². The molecular weight excluding hydrogens is 263 g/mol. The summed E-state index contributed by atoms with van der Waals surface area (Å²) in [6, 6.07) is 1.62. The van der Waals surface area contributed by atoms with Crippen molar-refractivity contribution in [3.05, 3.63) is 27.5 Å². The first-order valence-corrected chi connectivity index (χ1v) is 4.89. The minimum atomic E-state index is -2.58. The minimum Gasteiger partial charge on any atom is -0.239 e. The van der Waals surface area contributed by atoms with Crippen LogP contribution >= 0.6 is 27.5 Å². The van der Waals surface area contributed by atoms with Crippen molar-refractivity contribution in [2.75, 3.05) is 0 Å². The lowest BCUT2D eigenvalue weighted by molar-refractivity contribution is 0.145. The normalized spacial score (nSPS) is 10.9. The Kier molecular flexibility index (Phi) is 3.62. The van der Waals surface area contributed by atoms with Crippen molar-refractivity contribution in [3.63, 3.8) is 0 Å². The highest BCUT2D eigenvalue weighted by Crippen LogP contribution is 2.26. The van der Waals surface area contributed by atoms with E-state index in [9.17, 15) is 8.78 Å². The van der Waals surface area contributed by atoms with E-state index in [0.29, 0.717) is 10.2 Å². The molecule has 0 aliphatic rings. The molecule has 0 saturated carbocycles. The highest BCUT2D eigenvalue weighted by Gasteiger charge is 2.15. The summed E-state index contributed by atoms with van der Waals surface area (Å²) in [4.78, 5) is 3.73. The molecule has 0 N–H and O–H groups in total. The standard InChI is InChI=1S/C8H7BrClF2N/c1-4-2-5(3-10)6(8(11)12)13-7(4)9/h2,8H,3H2,1H3. The summed E-state index contributed by atoms with van der Waals surface area (Å²) in [5, 5.41) is 0. The van der Waals surface area contributed by atoms with Crippen LogP contribution in [0.3, 0.4) is 0 Å². The highest BCUT2D eigenvalue weighted by atomic mass is 79.9. The molecule has 0 aliphatic heterocycles. The first kappa shape index (κ1) is 10.9. The molecule has 1 aromatic rings. The van der Waals surface area contributed by atoms with Crippen molar-refractivity contribution in [1.82, 2.24) is 4.98 Å². The van der Waals surface area contributed by atoms with Crippen molar-refractivity contribution < 1.29 is 8.78 Å². The average molecular weight is 271 g/mol. The summed E-state index contributed by atoms with van der Waals surface area (Å²) in [7, 11) is 0. The van der Waals surface area contributed by atoms with Gasteiger partial charge in [0.15, 0.2) is 0 Å². The van der Waals surface area contributed by atoms with E-state index in [1.807, 2.05) is 0 Å². The third-order valence-electron chi connectivity index (χ3n) is 1.61. The van der Waals surface area contributed by atoms with E-state index in [-0.39, 0.29) is 11.6 Å². The summed E-state index contributed by atoms with van der Waals surface area (Å²) in [5.74, 6) is 0.0563. The van der Waals surface area contributed by atoms with Gasteiger partial charge < -0.3 is 0 Å². The van der Waals surface area contributed by atoms with E-state index in [4.69, 9.17) is 11.6 Å². The van der Waals surface area contributed by atoms with Crippen LogP contribution in [0, 0.1) is 6.92 Å². The van der Waals surface area contributed by atoms with Crippen LogP contribution in [0.15, 0.2) is 10.7 Å². The zero-order chi connectivity index (χ0) is 10.0. The molecule has 0 unspecified atom stereocenters. The van der Waals surface area contributed by atoms with Crippen LogP contribution in [0.5, 0.6) is 0 Å². The van der Waals surface area contributed by atoms with Gasteiger partial charge in [-0.05, 0) is 34.0 Å². The Morgan fingerprint density at radius 1 is 1.62 bits per heavy atom. The SMILES string of the molecule is Cc1cc(CCl)c(C(F)F)nc1Br. The van der Waals surface area contributed by atoms with E-state index >= 15 is 0 Å².